The third-order valence-corrected chi connectivity index (χ3v) is 4.48. The Balaban J connectivity index is 2.22. The average Bonchev–Trinajstić information content (AvgIpc) is 3.19. The number of nitrogens with zero attached hydrogens (tertiary/aromatic N) is 1. The molecule has 0 aliphatic heterocycles. The second kappa shape index (κ2) is 5.36. The van der Waals surface area contributed by atoms with Crippen molar-refractivity contribution in [1.29, 1.82) is 0 Å². The minimum Gasteiger partial charge on any atom is -0.342 e. The first-order chi connectivity index (χ1) is 9.04. The van der Waals surface area contributed by atoms with Crippen molar-refractivity contribution in [3.63, 3.8) is 0 Å². The predicted molar refractivity (Wildman–Crippen MR) is 79.6 cm³/mol. The van der Waals surface area contributed by atoms with Gasteiger partial charge in [-0.15, -0.1) is 0 Å². The maximum absolute atomic E-state index is 12.3. The summed E-state index contributed by atoms with van der Waals surface area (Å²) in [5.41, 5.74) is 3.96. The molecule has 1 aromatic carbocycles. The van der Waals surface area contributed by atoms with E-state index in [2.05, 4.69) is 32.9 Å². The zero-order chi connectivity index (χ0) is 14.0. The maximum atomic E-state index is 12.3. The van der Waals surface area contributed by atoms with Crippen molar-refractivity contribution in [1.82, 2.24) is 4.90 Å². The molecule has 1 aliphatic carbocycles. The monoisotopic (exact) mass is 259 g/mol. The molecule has 2 nitrogen and oxygen atoms in total. The van der Waals surface area contributed by atoms with Crippen molar-refractivity contribution in [2.75, 3.05) is 13.6 Å². The Hall–Kier alpha value is -1.31. The number of hydrogen-bond donors (Lipinski definition) is 0. The molecule has 0 unspecified atom stereocenters. The highest BCUT2D eigenvalue weighted by atomic mass is 16.2. The minimum absolute atomic E-state index is 0.137. The molecule has 104 valence electrons. The molecule has 0 spiro atoms. The van der Waals surface area contributed by atoms with Crippen LogP contribution in [0.3, 0.4) is 0 Å². The van der Waals surface area contributed by atoms with Crippen LogP contribution in [0.15, 0.2) is 18.2 Å². The van der Waals surface area contributed by atoms with Crippen LogP contribution in [0.25, 0.3) is 0 Å². The molecule has 2 rings (SSSR count). The van der Waals surface area contributed by atoms with Crippen molar-refractivity contribution in [2.24, 2.45) is 0 Å². The van der Waals surface area contributed by atoms with E-state index in [9.17, 15) is 4.79 Å². The summed E-state index contributed by atoms with van der Waals surface area (Å²) in [5.74, 6) is 0.137. The summed E-state index contributed by atoms with van der Waals surface area (Å²) in [4.78, 5) is 14.1. The Kier molecular flexibility index (Phi) is 3.98. The molecule has 2 heteroatoms. The lowest BCUT2D eigenvalue weighted by atomic mass is 9.88. The predicted octanol–water partition coefficient (Wildman–Crippen LogP) is 3.92. The molecule has 1 saturated carbocycles. The molecule has 1 amide bonds. The fourth-order valence-electron chi connectivity index (χ4n) is 3.01. The zero-order valence-corrected chi connectivity index (χ0v) is 12.6. The van der Waals surface area contributed by atoms with E-state index in [-0.39, 0.29) is 5.91 Å². The summed E-state index contributed by atoms with van der Waals surface area (Å²) in [6.45, 7) is 7.32. The highest BCUT2D eigenvalue weighted by Crippen LogP contribution is 2.51. The quantitative estimate of drug-likeness (QED) is 0.785. The van der Waals surface area contributed by atoms with Crippen molar-refractivity contribution < 1.29 is 4.79 Å². The Labute approximate surface area is 116 Å². The largest absolute Gasteiger partial charge is 0.342 e. The molecule has 0 N–H and O–H groups in total. The van der Waals surface area contributed by atoms with Crippen LogP contribution >= 0.6 is 0 Å². The summed E-state index contributed by atoms with van der Waals surface area (Å²) < 4.78 is 0. The number of benzene rings is 1. The molecule has 1 aromatic rings. The van der Waals surface area contributed by atoms with Gasteiger partial charge in [0.2, 0.25) is 0 Å². The van der Waals surface area contributed by atoms with Crippen LogP contribution in [0, 0.1) is 6.92 Å². The van der Waals surface area contributed by atoms with Gasteiger partial charge in [0.1, 0.15) is 0 Å². The zero-order valence-electron chi connectivity index (χ0n) is 12.6. The summed E-state index contributed by atoms with van der Waals surface area (Å²) >= 11 is 0. The summed E-state index contributed by atoms with van der Waals surface area (Å²) in [5, 5.41) is 0. The highest BCUT2D eigenvalue weighted by molar-refractivity contribution is 5.94. The number of aryl methyl sites for hydroxylation is 1. The molecule has 1 fully saturated rings. The van der Waals surface area contributed by atoms with E-state index >= 15 is 0 Å². The number of rotatable bonds is 5. The van der Waals surface area contributed by atoms with E-state index in [1.54, 1.807) is 4.90 Å². The molecular formula is C17H25NO. The van der Waals surface area contributed by atoms with Crippen LogP contribution < -0.4 is 0 Å². The van der Waals surface area contributed by atoms with Gasteiger partial charge >= 0.3 is 0 Å². The molecule has 1 aliphatic rings. The van der Waals surface area contributed by atoms with E-state index in [1.165, 1.54) is 30.4 Å². The summed E-state index contributed by atoms with van der Waals surface area (Å²) in [6.07, 6.45) is 4.80. The van der Waals surface area contributed by atoms with E-state index < -0.39 is 0 Å². The number of carbonyl (C=O) groups excluding carboxylic acids is 1. The molecule has 19 heavy (non-hydrogen) atoms. The first-order valence-electron chi connectivity index (χ1n) is 7.40. The van der Waals surface area contributed by atoms with Gasteiger partial charge < -0.3 is 4.90 Å². The van der Waals surface area contributed by atoms with E-state index in [4.69, 9.17) is 0 Å². The fraction of sp³-hybridized carbons (Fsp3) is 0.588. The number of carbonyl (C=O) groups is 1. The van der Waals surface area contributed by atoms with Gasteiger partial charge in [-0.3, -0.25) is 4.79 Å². The molecule has 0 aromatic heterocycles. The first-order valence-corrected chi connectivity index (χ1v) is 7.40. The Bertz CT molecular complexity index is 474. The average molecular weight is 259 g/mol. The summed E-state index contributed by atoms with van der Waals surface area (Å²) in [6, 6.07) is 6.25. The second-order valence-corrected chi connectivity index (χ2v) is 5.89. The molecular weight excluding hydrogens is 234 g/mol. The second-order valence-electron chi connectivity index (χ2n) is 5.89. The van der Waals surface area contributed by atoms with E-state index in [1.807, 2.05) is 13.1 Å². The molecule has 0 heterocycles. The Morgan fingerprint density at radius 2 is 2.00 bits per heavy atom. The lowest BCUT2D eigenvalue weighted by molar-refractivity contribution is 0.0795. The van der Waals surface area contributed by atoms with Gasteiger partial charge in [0.15, 0.2) is 0 Å². The van der Waals surface area contributed by atoms with Gasteiger partial charge in [0.25, 0.3) is 5.91 Å². The van der Waals surface area contributed by atoms with Crippen molar-refractivity contribution >= 4 is 5.91 Å². The fourth-order valence-corrected chi connectivity index (χ4v) is 3.01. The summed E-state index contributed by atoms with van der Waals surface area (Å²) in [7, 11) is 1.88. The standard InChI is InChI=1S/C17H25NO/c1-5-11-18(4)16(19)14-7-8-15(13(3)12-14)17(6-2)9-10-17/h7-8,12H,5-6,9-11H2,1-4H3. The van der Waals surface area contributed by atoms with Gasteiger partial charge in [-0.1, -0.05) is 19.9 Å². The molecule has 0 saturated heterocycles. The highest BCUT2D eigenvalue weighted by Gasteiger charge is 2.43. The van der Waals surface area contributed by atoms with Gasteiger partial charge in [-0.05, 0) is 61.3 Å². The van der Waals surface area contributed by atoms with Crippen LogP contribution in [-0.2, 0) is 5.41 Å². The van der Waals surface area contributed by atoms with Crippen LogP contribution in [0.4, 0.5) is 0 Å². The third-order valence-electron chi connectivity index (χ3n) is 4.48. The van der Waals surface area contributed by atoms with Crippen LogP contribution in [0.2, 0.25) is 0 Å². The van der Waals surface area contributed by atoms with Gasteiger partial charge in [0, 0.05) is 19.2 Å². The van der Waals surface area contributed by atoms with Crippen molar-refractivity contribution in [3.05, 3.63) is 34.9 Å². The number of hydrogen-bond acceptors (Lipinski definition) is 1. The third kappa shape index (κ3) is 2.68. The molecule has 0 bridgehead atoms. The van der Waals surface area contributed by atoms with Gasteiger partial charge in [-0.25, -0.2) is 0 Å². The van der Waals surface area contributed by atoms with Crippen molar-refractivity contribution in [2.45, 2.75) is 51.9 Å². The smallest absolute Gasteiger partial charge is 0.253 e. The van der Waals surface area contributed by atoms with Gasteiger partial charge in [0.05, 0.1) is 0 Å². The molecule has 0 radical (unpaired) electrons. The SMILES string of the molecule is CCCN(C)C(=O)c1ccc(C2(CC)CC2)c(C)c1. The topological polar surface area (TPSA) is 20.3 Å². The van der Waals surface area contributed by atoms with E-state index in [0.29, 0.717) is 5.41 Å². The maximum Gasteiger partial charge on any atom is 0.253 e. The first kappa shape index (κ1) is 14.1. The normalized spacial score (nSPS) is 16.2. The van der Waals surface area contributed by atoms with Gasteiger partial charge in [-0.2, -0.15) is 0 Å². The van der Waals surface area contributed by atoms with Crippen LogP contribution in [-0.4, -0.2) is 24.4 Å². The van der Waals surface area contributed by atoms with Crippen molar-refractivity contribution in [3.8, 4) is 0 Å². The molecule has 0 atom stereocenters. The lowest BCUT2D eigenvalue weighted by Crippen LogP contribution is -2.27. The Morgan fingerprint density at radius 1 is 1.32 bits per heavy atom. The lowest BCUT2D eigenvalue weighted by Gasteiger charge is -2.19. The Morgan fingerprint density at radius 3 is 2.47 bits per heavy atom. The van der Waals surface area contributed by atoms with Crippen LogP contribution in [0.1, 0.15) is 61.0 Å². The van der Waals surface area contributed by atoms with Crippen LogP contribution in [0.5, 0.6) is 0 Å². The van der Waals surface area contributed by atoms with E-state index in [0.717, 1.165) is 18.5 Å². The minimum atomic E-state index is 0.137. The number of amides is 1.